The normalized spacial score (nSPS) is 19.5. The van der Waals surface area contributed by atoms with E-state index in [4.69, 9.17) is 11.6 Å². The number of benzene rings is 1. The number of carbonyl (C=O) groups is 2. The Bertz CT molecular complexity index is 1030. The van der Waals surface area contributed by atoms with Crippen LogP contribution in [0.4, 0.5) is 5.69 Å². The van der Waals surface area contributed by atoms with E-state index in [2.05, 4.69) is 4.98 Å². The summed E-state index contributed by atoms with van der Waals surface area (Å²) in [5.41, 5.74) is 4.22. The predicted molar refractivity (Wildman–Crippen MR) is 119 cm³/mol. The average Bonchev–Trinajstić information content (AvgIpc) is 2.90. The quantitative estimate of drug-likeness (QED) is 0.657. The van der Waals surface area contributed by atoms with Crippen molar-refractivity contribution in [2.75, 3.05) is 11.4 Å². The summed E-state index contributed by atoms with van der Waals surface area (Å²) in [4.78, 5) is 32.5. The molecule has 0 spiro atoms. The maximum atomic E-state index is 13.5. The van der Waals surface area contributed by atoms with E-state index in [0.29, 0.717) is 23.6 Å². The molecule has 1 fully saturated rings. The van der Waals surface area contributed by atoms with Crippen LogP contribution in [-0.2, 0) is 16.0 Å². The summed E-state index contributed by atoms with van der Waals surface area (Å²) in [6, 6.07) is 13.3. The molecule has 2 aliphatic rings. The number of halogens is 1. The Kier molecular flexibility index (Phi) is 6.14. The van der Waals surface area contributed by atoms with Gasteiger partial charge in [0, 0.05) is 29.9 Å². The molecule has 0 radical (unpaired) electrons. The Morgan fingerprint density at radius 1 is 1.13 bits per heavy atom. The van der Waals surface area contributed by atoms with Crippen LogP contribution in [0.5, 0.6) is 0 Å². The third-order valence-electron chi connectivity index (χ3n) is 5.98. The summed E-state index contributed by atoms with van der Waals surface area (Å²) in [5.74, 6) is -0.180. The van der Waals surface area contributed by atoms with Gasteiger partial charge in [-0.2, -0.15) is 0 Å². The van der Waals surface area contributed by atoms with Gasteiger partial charge in [-0.3, -0.25) is 14.6 Å². The van der Waals surface area contributed by atoms with E-state index < -0.39 is 0 Å². The first-order valence-electron chi connectivity index (χ1n) is 10.5. The molecular weight excluding hydrogens is 396 g/mol. The van der Waals surface area contributed by atoms with Crippen LogP contribution in [0.2, 0.25) is 5.02 Å². The van der Waals surface area contributed by atoms with Crippen molar-refractivity contribution in [3.63, 3.8) is 0 Å². The Morgan fingerprint density at radius 3 is 2.70 bits per heavy atom. The number of anilines is 1. The number of aryl methyl sites for hydroxylation is 1. The van der Waals surface area contributed by atoms with E-state index in [0.717, 1.165) is 48.2 Å². The first-order chi connectivity index (χ1) is 14.6. The zero-order chi connectivity index (χ0) is 21.1. The second-order valence-electron chi connectivity index (χ2n) is 7.91. The lowest BCUT2D eigenvalue weighted by molar-refractivity contribution is -0.117. The van der Waals surface area contributed by atoms with E-state index >= 15 is 0 Å². The standard InChI is InChI=1S/C25H25ClN2O2/c1-17-20(11-6-10-19-9-4-5-14-27-19)23(29)16-18-8-7-15-28(25(30)24(17)18)22-13-3-2-12-21(22)26/h2-5,9,12-14,16,20H,6-8,10-11,15H2,1H3. The number of allylic oxidation sites excluding steroid dienone is 2. The van der Waals surface area contributed by atoms with Crippen molar-refractivity contribution in [2.24, 2.45) is 5.92 Å². The summed E-state index contributed by atoms with van der Waals surface area (Å²) in [5, 5.41) is 0.565. The smallest absolute Gasteiger partial charge is 0.258 e. The molecule has 1 atom stereocenters. The van der Waals surface area contributed by atoms with Gasteiger partial charge in [0.25, 0.3) is 5.91 Å². The SMILES string of the molecule is CC1=C2C(=O)N(c3ccccc3Cl)CCCC2=CC(=O)C1CCCc1ccccn1. The second kappa shape index (κ2) is 8.97. The van der Waals surface area contributed by atoms with Gasteiger partial charge in [0.05, 0.1) is 10.7 Å². The van der Waals surface area contributed by atoms with Crippen LogP contribution in [0.15, 0.2) is 71.5 Å². The molecule has 1 aliphatic heterocycles. The highest BCUT2D eigenvalue weighted by Crippen LogP contribution is 2.38. The fraction of sp³-hybridized carbons (Fsp3) is 0.320. The van der Waals surface area contributed by atoms with Crippen LogP contribution in [0.1, 0.15) is 38.3 Å². The molecular formula is C25H25ClN2O2. The third kappa shape index (κ3) is 4.10. The number of pyridine rings is 1. The van der Waals surface area contributed by atoms with Gasteiger partial charge in [0.2, 0.25) is 0 Å². The maximum Gasteiger partial charge on any atom is 0.258 e. The van der Waals surface area contributed by atoms with Crippen molar-refractivity contribution in [1.82, 2.24) is 4.98 Å². The number of carbonyl (C=O) groups excluding carboxylic acids is 2. The lowest BCUT2D eigenvalue weighted by Gasteiger charge is -2.27. The first-order valence-corrected chi connectivity index (χ1v) is 10.9. The Labute approximate surface area is 182 Å². The minimum absolute atomic E-state index is 0.0495. The molecule has 0 bridgehead atoms. The molecule has 0 N–H and O–H groups in total. The lowest BCUT2D eigenvalue weighted by Crippen LogP contribution is -2.34. The fourth-order valence-corrected chi connectivity index (χ4v) is 4.68. The molecule has 2 aromatic rings. The fourth-order valence-electron chi connectivity index (χ4n) is 4.45. The molecule has 5 heteroatoms. The largest absolute Gasteiger partial charge is 0.307 e. The zero-order valence-electron chi connectivity index (χ0n) is 17.1. The van der Waals surface area contributed by atoms with Crippen molar-refractivity contribution in [1.29, 1.82) is 0 Å². The number of ketones is 1. The molecule has 1 aliphatic carbocycles. The van der Waals surface area contributed by atoms with Crippen molar-refractivity contribution < 1.29 is 9.59 Å². The average molecular weight is 421 g/mol. The number of aromatic nitrogens is 1. The minimum atomic E-state index is -0.248. The highest BCUT2D eigenvalue weighted by atomic mass is 35.5. The number of hydrogen-bond donors (Lipinski definition) is 0. The number of amides is 1. The van der Waals surface area contributed by atoms with Gasteiger partial charge in [0.1, 0.15) is 0 Å². The summed E-state index contributed by atoms with van der Waals surface area (Å²) < 4.78 is 0. The first kappa shape index (κ1) is 20.5. The highest BCUT2D eigenvalue weighted by Gasteiger charge is 2.35. The summed E-state index contributed by atoms with van der Waals surface area (Å²) >= 11 is 6.38. The van der Waals surface area contributed by atoms with Crippen LogP contribution in [0, 0.1) is 5.92 Å². The maximum absolute atomic E-state index is 13.5. The van der Waals surface area contributed by atoms with Gasteiger partial charge in [-0.25, -0.2) is 0 Å². The van der Waals surface area contributed by atoms with Crippen LogP contribution >= 0.6 is 11.6 Å². The van der Waals surface area contributed by atoms with Crippen LogP contribution < -0.4 is 4.90 Å². The molecule has 2 heterocycles. The van der Waals surface area contributed by atoms with Crippen LogP contribution in [0.3, 0.4) is 0 Å². The number of fused-ring (bicyclic) bond motifs is 1. The molecule has 30 heavy (non-hydrogen) atoms. The highest BCUT2D eigenvalue weighted by molar-refractivity contribution is 6.34. The van der Waals surface area contributed by atoms with E-state index in [1.807, 2.05) is 43.3 Å². The van der Waals surface area contributed by atoms with E-state index in [1.165, 1.54) is 0 Å². The molecule has 1 aromatic carbocycles. The predicted octanol–water partition coefficient (Wildman–Crippen LogP) is 5.33. The van der Waals surface area contributed by atoms with Crippen molar-refractivity contribution >= 4 is 29.0 Å². The number of hydrogen-bond acceptors (Lipinski definition) is 3. The molecule has 1 saturated heterocycles. The topological polar surface area (TPSA) is 50.3 Å². The van der Waals surface area contributed by atoms with Gasteiger partial charge in [0.15, 0.2) is 5.78 Å². The summed E-state index contributed by atoms with van der Waals surface area (Å²) in [7, 11) is 0. The molecule has 1 unspecified atom stereocenters. The number of rotatable bonds is 5. The van der Waals surface area contributed by atoms with Gasteiger partial charge in [-0.05, 0) is 80.5 Å². The van der Waals surface area contributed by atoms with Crippen molar-refractivity contribution in [2.45, 2.75) is 39.0 Å². The monoisotopic (exact) mass is 420 g/mol. The zero-order valence-corrected chi connectivity index (χ0v) is 17.9. The molecule has 1 amide bonds. The second-order valence-corrected chi connectivity index (χ2v) is 8.31. The van der Waals surface area contributed by atoms with Gasteiger partial charge < -0.3 is 4.90 Å². The van der Waals surface area contributed by atoms with E-state index in [9.17, 15) is 9.59 Å². The Morgan fingerprint density at radius 2 is 1.93 bits per heavy atom. The summed E-state index contributed by atoms with van der Waals surface area (Å²) in [6.07, 6.45) is 7.42. The Hall–Kier alpha value is -2.72. The van der Waals surface area contributed by atoms with Crippen LogP contribution in [0.25, 0.3) is 0 Å². The number of para-hydroxylation sites is 1. The molecule has 4 nitrogen and oxygen atoms in total. The molecule has 154 valence electrons. The van der Waals surface area contributed by atoms with Gasteiger partial charge in [-0.1, -0.05) is 29.8 Å². The van der Waals surface area contributed by atoms with Gasteiger partial charge >= 0.3 is 0 Å². The van der Waals surface area contributed by atoms with E-state index in [1.54, 1.807) is 23.2 Å². The van der Waals surface area contributed by atoms with Crippen molar-refractivity contribution in [3.05, 3.63) is 82.2 Å². The Balaban J connectivity index is 1.59. The van der Waals surface area contributed by atoms with Gasteiger partial charge in [-0.15, -0.1) is 0 Å². The van der Waals surface area contributed by atoms with Crippen molar-refractivity contribution in [3.8, 4) is 0 Å². The lowest BCUT2D eigenvalue weighted by atomic mass is 9.79. The molecule has 4 rings (SSSR count). The van der Waals surface area contributed by atoms with E-state index in [-0.39, 0.29) is 17.6 Å². The molecule has 0 saturated carbocycles. The third-order valence-corrected chi connectivity index (χ3v) is 6.30. The summed E-state index contributed by atoms with van der Waals surface area (Å²) in [6.45, 7) is 2.54. The van der Waals surface area contributed by atoms with Crippen LogP contribution in [-0.4, -0.2) is 23.2 Å². The number of nitrogens with zero attached hydrogens (tertiary/aromatic N) is 2. The minimum Gasteiger partial charge on any atom is -0.307 e. The molecule has 1 aromatic heterocycles.